The van der Waals surface area contributed by atoms with E-state index in [0.29, 0.717) is 17.8 Å². The standard InChI is InChI=1S/C25H27N3O3/c1-27(18-19-7-13-22(14-8-19)28-15-3-2-4-16-28)25(30)20-9-11-21(12-10-20)26-24(29)23-6-5-17-31-23/h5-14,17H,2-4,15-16,18H2,1H3,(H,26,29). The number of nitrogens with zero attached hydrogens (tertiary/aromatic N) is 2. The summed E-state index contributed by atoms with van der Waals surface area (Å²) in [5, 5.41) is 2.75. The van der Waals surface area contributed by atoms with Crippen LogP contribution in [0.3, 0.4) is 0 Å². The van der Waals surface area contributed by atoms with Crippen LogP contribution in [-0.2, 0) is 6.54 Å². The SMILES string of the molecule is CN(Cc1ccc(N2CCCCC2)cc1)C(=O)c1ccc(NC(=O)c2ccco2)cc1. The Labute approximate surface area is 182 Å². The summed E-state index contributed by atoms with van der Waals surface area (Å²) in [7, 11) is 1.80. The molecule has 1 aliphatic rings. The number of rotatable bonds is 6. The number of carbonyl (C=O) groups excluding carboxylic acids is 2. The molecule has 0 spiro atoms. The van der Waals surface area contributed by atoms with Crippen molar-refractivity contribution >= 4 is 23.2 Å². The van der Waals surface area contributed by atoms with Gasteiger partial charge in [-0.2, -0.15) is 0 Å². The molecule has 31 heavy (non-hydrogen) atoms. The highest BCUT2D eigenvalue weighted by atomic mass is 16.3. The monoisotopic (exact) mass is 417 g/mol. The first kappa shape index (κ1) is 20.7. The fourth-order valence-corrected chi connectivity index (χ4v) is 3.83. The third-order valence-electron chi connectivity index (χ3n) is 5.56. The third-order valence-corrected chi connectivity index (χ3v) is 5.56. The number of benzene rings is 2. The lowest BCUT2D eigenvalue weighted by Crippen LogP contribution is -2.29. The Morgan fingerprint density at radius 3 is 2.32 bits per heavy atom. The van der Waals surface area contributed by atoms with Gasteiger partial charge in [0.05, 0.1) is 6.26 Å². The van der Waals surface area contributed by atoms with E-state index >= 15 is 0 Å². The Hall–Kier alpha value is -3.54. The first-order chi connectivity index (χ1) is 15.1. The van der Waals surface area contributed by atoms with Crippen molar-refractivity contribution in [2.45, 2.75) is 25.8 Å². The molecule has 4 rings (SSSR count). The van der Waals surface area contributed by atoms with Crippen LogP contribution < -0.4 is 10.2 Å². The summed E-state index contributed by atoms with van der Waals surface area (Å²) in [6.07, 6.45) is 5.28. The Bertz CT molecular complexity index is 1010. The zero-order chi connectivity index (χ0) is 21.6. The summed E-state index contributed by atoms with van der Waals surface area (Å²) >= 11 is 0. The third kappa shape index (κ3) is 5.15. The number of hydrogen-bond acceptors (Lipinski definition) is 4. The number of carbonyl (C=O) groups is 2. The normalized spacial score (nSPS) is 13.6. The summed E-state index contributed by atoms with van der Waals surface area (Å²) in [5.74, 6) is -0.149. The van der Waals surface area contributed by atoms with E-state index in [2.05, 4.69) is 34.5 Å². The summed E-state index contributed by atoms with van der Waals surface area (Å²) in [6, 6.07) is 18.6. The maximum absolute atomic E-state index is 12.8. The lowest BCUT2D eigenvalue weighted by Gasteiger charge is -2.29. The van der Waals surface area contributed by atoms with Gasteiger partial charge in [-0.05, 0) is 73.4 Å². The van der Waals surface area contributed by atoms with Crippen LogP contribution in [0.1, 0.15) is 45.7 Å². The summed E-state index contributed by atoms with van der Waals surface area (Å²) < 4.78 is 5.08. The van der Waals surface area contributed by atoms with Crippen molar-refractivity contribution in [1.82, 2.24) is 4.90 Å². The van der Waals surface area contributed by atoms with Crippen molar-refractivity contribution in [2.24, 2.45) is 0 Å². The van der Waals surface area contributed by atoms with Gasteiger partial charge in [-0.1, -0.05) is 12.1 Å². The molecule has 1 N–H and O–H groups in total. The van der Waals surface area contributed by atoms with E-state index in [1.54, 1.807) is 48.3 Å². The Morgan fingerprint density at radius 2 is 1.68 bits per heavy atom. The molecule has 0 unspecified atom stereocenters. The summed E-state index contributed by atoms with van der Waals surface area (Å²) in [6.45, 7) is 2.78. The second-order valence-electron chi connectivity index (χ2n) is 7.88. The van der Waals surface area contributed by atoms with E-state index in [1.807, 2.05) is 0 Å². The lowest BCUT2D eigenvalue weighted by molar-refractivity contribution is 0.0785. The number of piperidine rings is 1. The van der Waals surface area contributed by atoms with Crippen molar-refractivity contribution in [3.63, 3.8) is 0 Å². The Balaban J connectivity index is 1.33. The number of hydrogen-bond donors (Lipinski definition) is 1. The van der Waals surface area contributed by atoms with Gasteiger partial charge in [0.15, 0.2) is 5.76 Å². The van der Waals surface area contributed by atoms with Crippen molar-refractivity contribution < 1.29 is 14.0 Å². The summed E-state index contributed by atoms with van der Waals surface area (Å²) in [4.78, 5) is 29.0. The average Bonchev–Trinajstić information content (AvgIpc) is 3.35. The van der Waals surface area contributed by atoms with E-state index in [1.165, 1.54) is 31.2 Å². The van der Waals surface area contributed by atoms with Gasteiger partial charge in [-0.3, -0.25) is 9.59 Å². The lowest BCUT2D eigenvalue weighted by atomic mass is 10.1. The van der Waals surface area contributed by atoms with E-state index in [-0.39, 0.29) is 17.6 Å². The molecular weight excluding hydrogens is 390 g/mol. The predicted molar refractivity (Wildman–Crippen MR) is 121 cm³/mol. The van der Waals surface area contributed by atoms with E-state index in [0.717, 1.165) is 18.7 Å². The molecule has 6 nitrogen and oxygen atoms in total. The van der Waals surface area contributed by atoms with Crippen molar-refractivity contribution in [2.75, 3.05) is 30.4 Å². The van der Waals surface area contributed by atoms with Gasteiger partial charge in [0.2, 0.25) is 0 Å². The highest BCUT2D eigenvalue weighted by molar-refractivity contribution is 6.02. The summed E-state index contributed by atoms with van der Waals surface area (Å²) in [5.41, 5.74) is 3.53. The Kier molecular flexibility index (Phi) is 6.36. The maximum atomic E-state index is 12.8. The number of furan rings is 1. The first-order valence-corrected chi connectivity index (χ1v) is 10.6. The van der Waals surface area contributed by atoms with Gasteiger partial charge in [-0.25, -0.2) is 0 Å². The molecule has 2 aromatic carbocycles. The van der Waals surface area contributed by atoms with Crippen LogP contribution >= 0.6 is 0 Å². The average molecular weight is 418 g/mol. The maximum Gasteiger partial charge on any atom is 0.291 e. The molecule has 2 heterocycles. The van der Waals surface area contributed by atoms with Gasteiger partial charge < -0.3 is 19.5 Å². The molecule has 0 bridgehead atoms. The fourth-order valence-electron chi connectivity index (χ4n) is 3.83. The highest BCUT2D eigenvalue weighted by Gasteiger charge is 2.14. The smallest absolute Gasteiger partial charge is 0.291 e. The van der Waals surface area contributed by atoms with Gasteiger partial charge >= 0.3 is 0 Å². The van der Waals surface area contributed by atoms with Crippen molar-refractivity contribution in [3.05, 3.63) is 83.8 Å². The molecule has 2 amide bonds. The first-order valence-electron chi connectivity index (χ1n) is 10.6. The van der Waals surface area contributed by atoms with Crippen molar-refractivity contribution in [3.8, 4) is 0 Å². The van der Waals surface area contributed by atoms with Gasteiger partial charge in [-0.15, -0.1) is 0 Å². The van der Waals surface area contributed by atoms with Crippen molar-refractivity contribution in [1.29, 1.82) is 0 Å². The topological polar surface area (TPSA) is 65.8 Å². The molecule has 6 heteroatoms. The molecule has 1 aromatic heterocycles. The molecule has 0 saturated carbocycles. The largest absolute Gasteiger partial charge is 0.459 e. The number of amides is 2. The van der Waals surface area contributed by atoms with E-state index < -0.39 is 0 Å². The Morgan fingerprint density at radius 1 is 0.968 bits per heavy atom. The zero-order valence-electron chi connectivity index (χ0n) is 17.7. The van der Waals surface area contributed by atoms with E-state index in [4.69, 9.17) is 4.42 Å². The molecule has 0 radical (unpaired) electrons. The number of anilines is 2. The minimum absolute atomic E-state index is 0.0657. The molecule has 160 valence electrons. The molecule has 1 saturated heterocycles. The van der Waals surface area contributed by atoms with Crippen LogP contribution in [0.5, 0.6) is 0 Å². The van der Waals surface area contributed by atoms with Gasteiger partial charge in [0.25, 0.3) is 11.8 Å². The van der Waals surface area contributed by atoms with Crippen LogP contribution in [-0.4, -0.2) is 36.9 Å². The number of nitrogens with one attached hydrogen (secondary N) is 1. The molecule has 1 aliphatic heterocycles. The van der Waals surface area contributed by atoms with Gasteiger partial charge in [0.1, 0.15) is 0 Å². The second-order valence-corrected chi connectivity index (χ2v) is 7.88. The zero-order valence-corrected chi connectivity index (χ0v) is 17.7. The minimum Gasteiger partial charge on any atom is -0.459 e. The van der Waals surface area contributed by atoms with Crippen LogP contribution in [0.2, 0.25) is 0 Å². The van der Waals surface area contributed by atoms with Crippen LogP contribution in [0.25, 0.3) is 0 Å². The molecule has 0 atom stereocenters. The minimum atomic E-state index is -0.325. The molecule has 1 fully saturated rings. The fraction of sp³-hybridized carbons (Fsp3) is 0.280. The van der Waals surface area contributed by atoms with Crippen LogP contribution in [0.15, 0.2) is 71.3 Å². The molecule has 3 aromatic rings. The highest BCUT2D eigenvalue weighted by Crippen LogP contribution is 2.21. The predicted octanol–water partition coefficient (Wildman–Crippen LogP) is 4.79. The second kappa shape index (κ2) is 9.51. The van der Waals surface area contributed by atoms with E-state index in [9.17, 15) is 9.59 Å². The molecular formula is C25H27N3O3. The quantitative estimate of drug-likeness (QED) is 0.626. The van der Waals surface area contributed by atoms with Gasteiger partial charge in [0, 0.05) is 43.6 Å². The van der Waals surface area contributed by atoms with Crippen LogP contribution in [0.4, 0.5) is 11.4 Å². The molecule has 0 aliphatic carbocycles. The van der Waals surface area contributed by atoms with Crippen LogP contribution in [0, 0.1) is 0 Å².